The number of rotatable bonds is 5. The first-order chi connectivity index (χ1) is 15.1. The van der Waals surface area contributed by atoms with E-state index >= 15 is 0 Å². The van der Waals surface area contributed by atoms with Gasteiger partial charge in [-0.25, -0.2) is 9.67 Å². The van der Waals surface area contributed by atoms with Crippen molar-refractivity contribution < 1.29 is 0 Å². The van der Waals surface area contributed by atoms with Gasteiger partial charge in [-0.3, -0.25) is 9.78 Å². The summed E-state index contributed by atoms with van der Waals surface area (Å²) < 4.78 is 3.35. The molecule has 9 heteroatoms. The maximum absolute atomic E-state index is 12.6. The first kappa shape index (κ1) is 19.3. The number of anilines is 1. The monoisotopic (exact) mass is 416 g/mol. The van der Waals surface area contributed by atoms with Gasteiger partial charge in [-0.1, -0.05) is 13.8 Å². The highest BCUT2D eigenvalue weighted by atomic mass is 16.1. The number of nitrogens with zero attached hydrogens (tertiary/aromatic N) is 8. The highest BCUT2D eigenvalue weighted by molar-refractivity contribution is 5.56. The van der Waals surface area contributed by atoms with E-state index in [1.54, 1.807) is 33.7 Å². The molecule has 0 bridgehead atoms. The molecule has 5 rings (SSSR count). The zero-order valence-corrected chi connectivity index (χ0v) is 17.6. The molecule has 0 N–H and O–H groups in total. The Kier molecular flexibility index (Phi) is 4.93. The largest absolute Gasteiger partial charge is 0.352 e. The van der Waals surface area contributed by atoms with Gasteiger partial charge in [0.05, 0.1) is 24.0 Å². The molecule has 0 radical (unpaired) electrons. The van der Waals surface area contributed by atoms with Gasteiger partial charge in [-0.2, -0.15) is 19.7 Å². The van der Waals surface area contributed by atoms with Crippen molar-refractivity contribution in [2.75, 3.05) is 11.4 Å². The van der Waals surface area contributed by atoms with Gasteiger partial charge < -0.3 is 4.90 Å². The van der Waals surface area contributed by atoms with Crippen molar-refractivity contribution in [3.05, 3.63) is 65.1 Å². The molecule has 0 amide bonds. The van der Waals surface area contributed by atoms with E-state index in [1.807, 2.05) is 12.1 Å². The molecule has 0 spiro atoms. The summed E-state index contributed by atoms with van der Waals surface area (Å²) in [5.41, 5.74) is 2.50. The van der Waals surface area contributed by atoms with Gasteiger partial charge in [0, 0.05) is 36.6 Å². The molecule has 0 saturated carbocycles. The number of fused-ring (bicyclic) bond motifs is 1. The summed E-state index contributed by atoms with van der Waals surface area (Å²) in [4.78, 5) is 28.0. The van der Waals surface area contributed by atoms with Gasteiger partial charge in [0.2, 0.25) is 0 Å². The van der Waals surface area contributed by atoms with Crippen LogP contribution in [0.4, 0.5) is 5.82 Å². The zero-order chi connectivity index (χ0) is 21.4. The minimum absolute atomic E-state index is 0.108. The molecule has 1 fully saturated rings. The molecule has 5 heterocycles. The number of aromatic nitrogens is 7. The van der Waals surface area contributed by atoms with Gasteiger partial charge in [-0.15, -0.1) is 0 Å². The fourth-order valence-electron chi connectivity index (χ4n) is 4.09. The smallest absolute Gasteiger partial charge is 0.266 e. The summed E-state index contributed by atoms with van der Waals surface area (Å²) in [6, 6.07) is 9.35. The number of hydrogen-bond donors (Lipinski definition) is 0. The van der Waals surface area contributed by atoms with Crippen molar-refractivity contribution in [3.8, 4) is 11.3 Å². The van der Waals surface area contributed by atoms with E-state index < -0.39 is 0 Å². The lowest BCUT2D eigenvalue weighted by atomic mass is 10.1. The minimum Gasteiger partial charge on any atom is -0.352 e. The molecule has 158 valence electrons. The van der Waals surface area contributed by atoms with Gasteiger partial charge in [0.15, 0.2) is 0 Å². The maximum atomic E-state index is 12.6. The van der Waals surface area contributed by atoms with Crippen LogP contribution in [0.15, 0.2) is 53.8 Å². The Morgan fingerprint density at radius 2 is 2.13 bits per heavy atom. The second kappa shape index (κ2) is 7.90. The number of pyridine rings is 1. The van der Waals surface area contributed by atoms with E-state index in [4.69, 9.17) is 0 Å². The van der Waals surface area contributed by atoms with Crippen LogP contribution in [0.1, 0.15) is 38.3 Å². The highest BCUT2D eigenvalue weighted by Crippen LogP contribution is 2.28. The second-order valence-electron chi connectivity index (χ2n) is 8.14. The van der Waals surface area contributed by atoms with Gasteiger partial charge in [0.25, 0.3) is 11.3 Å². The molecule has 1 unspecified atom stereocenters. The summed E-state index contributed by atoms with van der Waals surface area (Å²) in [5, 5.41) is 9.01. The Bertz CT molecular complexity index is 1260. The van der Waals surface area contributed by atoms with Crippen LogP contribution < -0.4 is 10.5 Å². The summed E-state index contributed by atoms with van der Waals surface area (Å²) in [7, 11) is 0. The van der Waals surface area contributed by atoms with E-state index in [2.05, 4.69) is 50.0 Å². The van der Waals surface area contributed by atoms with E-state index in [1.165, 1.54) is 6.33 Å². The summed E-state index contributed by atoms with van der Waals surface area (Å²) in [6.45, 7) is 5.63. The SMILES string of the molecule is CC(C)c1cc(N2CCCC2Cn2nc(-c3cccnc3)ccc2=O)n2ncnc2n1. The molecular formula is C22H24N8O. The van der Waals surface area contributed by atoms with Crippen LogP contribution in [0.3, 0.4) is 0 Å². The quantitative estimate of drug-likeness (QED) is 0.493. The van der Waals surface area contributed by atoms with Gasteiger partial charge in [0.1, 0.15) is 12.1 Å². The van der Waals surface area contributed by atoms with Crippen molar-refractivity contribution in [1.29, 1.82) is 0 Å². The van der Waals surface area contributed by atoms with Gasteiger partial charge >= 0.3 is 0 Å². The third kappa shape index (κ3) is 3.67. The Morgan fingerprint density at radius 1 is 1.23 bits per heavy atom. The maximum Gasteiger partial charge on any atom is 0.266 e. The predicted molar refractivity (Wildman–Crippen MR) is 117 cm³/mol. The van der Waals surface area contributed by atoms with Crippen molar-refractivity contribution in [3.63, 3.8) is 0 Å². The van der Waals surface area contributed by atoms with Crippen molar-refractivity contribution in [2.45, 2.75) is 45.2 Å². The third-order valence-corrected chi connectivity index (χ3v) is 5.72. The van der Waals surface area contributed by atoms with Crippen molar-refractivity contribution in [1.82, 2.24) is 34.3 Å². The van der Waals surface area contributed by atoms with E-state index in [9.17, 15) is 4.79 Å². The fourth-order valence-corrected chi connectivity index (χ4v) is 4.09. The molecule has 1 saturated heterocycles. The van der Waals surface area contributed by atoms with Crippen LogP contribution in [-0.4, -0.2) is 46.9 Å². The van der Waals surface area contributed by atoms with E-state index in [0.29, 0.717) is 12.3 Å². The Balaban J connectivity index is 1.49. The summed E-state index contributed by atoms with van der Waals surface area (Å²) in [5.74, 6) is 1.84. The van der Waals surface area contributed by atoms with Crippen LogP contribution >= 0.6 is 0 Å². The van der Waals surface area contributed by atoms with Crippen LogP contribution in [0.25, 0.3) is 17.0 Å². The second-order valence-corrected chi connectivity index (χ2v) is 8.14. The molecule has 9 nitrogen and oxygen atoms in total. The summed E-state index contributed by atoms with van der Waals surface area (Å²) >= 11 is 0. The first-order valence-corrected chi connectivity index (χ1v) is 10.6. The Labute approximate surface area is 179 Å². The Morgan fingerprint density at radius 3 is 2.94 bits per heavy atom. The first-order valence-electron chi connectivity index (χ1n) is 10.6. The van der Waals surface area contributed by atoms with Crippen LogP contribution in [0, 0.1) is 0 Å². The molecule has 4 aromatic rings. The molecule has 0 aliphatic carbocycles. The topological polar surface area (TPSA) is 94.1 Å². The van der Waals surface area contributed by atoms with E-state index in [0.717, 1.165) is 42.2 Å². The molecule has 0 aromatic carbocycles. The highest BCUT2D eigenvalue weighted by Gasteiger charge is 2.29. The lowest BCUT2D eigenvalue weighted by Crippen LogP contribution is -2.38. The molecule has 1 atom stereocenters. The average Bonchev–Trinajstić information content (AvgIpc) is 3.44. The molecule has 1 aliphatic heterocycles. The predicted octanol–water partition coefficient (Wildman–Crippen LogP) is 2.54. The van der Waals surface area contributed by atoms with E-state index in [-0.39, 0.29) is 17.5 Å². The lowest BCUT2D eigenvalue weighted by molar-refractivity contribution is 0.487. The van der Waals surface area contributed by atoms with Crippen LogP contribution in [0.5, 0.6) is 0 Å². The van der Waals surface area contributed by atoms with Crippen molar-refractivity contribution >= 4 is 11.6 Å². The lowest BCUT2D eigenvalue weighted by Gasteiger charge is -2.27. The third-order valence-electron chi connectivity index (χ3n) is 5.72. The van der Waals surface area contributed by atoms with Crippen molar-refractivity contribution in [2.24, 2.45) is 0 Å². The van der Waals surface area contributed by atoms with Crippen LogP contribution in [-0.2, 0) is 6.54 Å². The molecule has 1 aliphatic rings. The van der Waals surface area contributed by atoms with Gasteiger partial charge in [-0.05, 0) is 37.0 Å². The molecular weight excluding hydrogens is 392 g/mol. The van der Waals surface area contributed by atoms with Crippen LogP contribution in [0.2, 0.25) is 0 Å². The molecule has 4 aromatic heterocycles. The minimum atomic E-state index is -0.108. The normalized spacial score (nSPS) is 16.5. The fraction of sp³-hybridized carbons (Fsp3) is 0.364. The standard InChI is InChI=1S/C22H24N8O/c1-15(2)19-11-20(30-22(26-19)24-14-25-30)28-10-4-6-17(28)13-29-21(31)8-7-18(27-29)16-5-3-9-23-12-16/h3,5,7-9,11-12,14-15,17H,4,6,10,13H2,1-2H3. The molecule has 31 heavy (non-hydrogen) atoms. The summed E-state index contributed by atoms with van der Waals surface area (Å²) in [6.07, 6.45) is 7.02. The Hall–Kier alpha value is -3.62. The average molecular weight is 416 g/mol. The number of hydrogen-bond acceptors (Lipinski definition) is 7. The zero-order valence-electron chi connectivity index (χ0n) is 17.6.